The predicted octanol–water partition coefficient (Wildman–Crippen LogP) is 3.09. The van der Waals surface area contributed by atoms with Crippen LogP contribution in [0.25, 0.3) is 27.9 Å². The number of benzene rings is 2. The molecular weight excluding hydrogens is 382 g/mol. The van der Waals surface area contributed by atoms with E-state index in [2.05, 4.69) is 16.9 Å². The third-order valence-electron chi connectivity index (χ3n) is 4.76. The number of nitrogens with one attached hydrogen (secondary N) is 1. The molecule has 0 aliphatic carbocycles. The molecule has 8 nitrogen and oxygen atoms in total. The Balaban J connectivity index is 2.03. The zero-order valence-electron chi connectivity index (χ0n) is 16.7. The summed E-state index contributed by atoms with van der Waals surface area (Å²) in [6, 6.07) is 12.8. The largest absolute Gasteiger partial charge is 0.493 e. The molecule has 2 aromatic heterocycles. The minimum atomic E-state index is -0.346. The summed E-state index contributed by atoms with van der Waals surface area (Å²) in [7, 11) is 3.12. The van der Waals surface area contributed by atoms with E-state index in [0.717, 1.165) is 0 Å². The van der Waals surface area contributed by atoms with E-state index in [1.165, 1.54) is 0 Å². The fraction of sp³-hybridized carbons (Fsp3) is 0.136. The standard InChI is InChI=1S/C22H21N5O3/c1-4-11-24-22(28)18-19-21(26-15-8-6-5-7-14(15)25-19)27(20(18)23)13-9-10-16(29-2)17(12-13)30-3/h4-10,12H,1,11,23H2,2-3H3,(H,24,28). The van der Waals surface area contributed by atoms with Gasteiger partial charge in [0.25, 0.3) is 5.91 Å². The van der Waals surface area contributed by atoms with Crippen molar-refractivity contribution in [3.63, 3.8) is 0 Å². The van der Waals surface area contributed by atoms with Gasteiger partial charge in [0.05, 0.1) is 30.9 Å². The van der Waals surface area contributed by atoms with Gasteiger partial charge in [-0.2, -0.15) is 0 Å². The number of carbonyl (C=O) groups excluding carboxylic acids is 1. The first kappa shape index (κ1) is 19.3. The third kappa shape index (κ3) is 3.08. The Morgan fingerprint density at radius 3 is 2.50 bits per heavy atom. The molecular formula is C22H21N5O3. The van der Waals surface area contributed by atoms with E-state index in [0.29, 0.717) is 45.9 Å². The number of nitrogen functional groups attached to an aromatic ring is 1. The minimum absolute atomic E-state index is 0.231. The van der Waals surface area contributed by atoms with Crippen LogP contribution in [0.15, 0.2) is 55.1 Å². The van der Waals surface area contributed by atoms with Gasteiger partial charge in [0.1, 0.15) is 16.9 Å². The SMILES string of the molecule is C=CCNC(=O)c1c(N)n(-c2ccc(OC)c(OC)c2)c2nc3ccccc3nc12. The fourth-order valence-electron chi connectivity index (χ4n) is 3.36. The molecule has 3 N–H and O–H groups in total. The maximum absolute atomic E-state index is 12.9. The van der Waals surface area contributed by atoms with Crippen LogP contribution in [0.4, 0.5) is 5.82 Å². The van der Waals surface area contributed by atoms with Gasteiger partial charge in [0.15, 0.2) is 17.1 Å². The molecule has 0 saturated carbocycles. The predicted molar refractivity (Wildman–Crippen MR) is 116 cm³/mol. The monoisotopic (exact) mass is 403 g/mol. The van der Waals surface area contributed by atoms with Crippen LogP contribution in [0.1, 0.15) is 10.4 Å². The lowest BCUT2D eigenvalue weighted by Gasteiger charge is -2.12. The first-order chi connectivity index (χ1) is 14.6. The second-order valence-electron chi connectivity index (χ2n) is 6.52. The topological polar surface area (TPSA) is 104 Å². The summed E-state index contributed by atoms with van der Waals surface area (Å²) in [5.74, 6) is 0.995. The average molecular weight is 403 g/mol. The highest BCUT2D eigenvalue weighted by Gasteiger charge is 2.25. The number of carbonyl (C=O) groups is 1. The van der Waals surface area contributed by atoms with E-state index in [-0.39, 0.29) is 17.3 Å². The number of methoxy groups -OCH3 is 2. The first-order valence-electron chi connectivity index (χ1n) is 9.27. The molecule has 0 atom stereocenters. The van der Waals surface area contributed by atoms with Gasteiger partial charge >= 0.3 is 0 Å². The summed E-state index contributed by atoms with van der Waals surface area (Å²) in [6.07, 6.45) is 1.60. The van der Waals surface area contributed by atoms with Gasteiger partial charge in [-0.05, 0) is 24.3 Å². The van der Waals surface area contributed by atoms with Crippen LogP contribution in [0.2, 0.25) is 0 Å². The summed E-state index contributed by atoms with van der Waals surface area (Å²) in [5.41, 5.74) is 9.67. The molecule has 8 heteroatoms. The Labute approximate surface area is 172 Å². The number of rotatable bonds is 6. The molecule has 1 amide bonds. The molecule has 2 aromatic carbocycles. The molecule has 4 rings (SSSR count). The van der Waals surface area contributed by atoms with Crippen molar-refractivity contribution >= 4 is 33.9 Å². The molecule has 4 aromatic rings. The second kappa shape index (κ2) is 7.75. The fourth-order valence-corrected chi connectivity index (χ4v) is 3.36. The molecule has 0 fully saturated rings. The van der Waals surface area contributed by atoms with Crippen LogP contribution in [-0.2, 0) is 0 Å². The van der Waals surface area contributed by atoms with Gasteiger partial charge in [-0.15, -0.1) is 6.58 Å². The highest BCUT2D eigenvalue weighted by atomic mass is 16.5. The molecule has 0 unspecified atom stereocenters. The number of nitrogens with two attached hydrogens (primary N) is 1. The lowest BCUT2D eigenvalue weighted by Crippen LogP contribution is -2.24. The molecule has 0 aliphatic heterocycles. The van der Waals surface area contributed by atoms with E-state index in [1.54, 1.807) is 37.0 Å². The molecule has 0 saturated heterocycles. The van der Waals surface area contributed by atoms with Crippen molar-refractivity contribution in [2.45, 2.75) is 0 Å². The van der Waals surface area contributed by atoms with E-state index in [1.807, 2.05) is 30.3 Å². The van der Waals surface area contributed by atoms with Crippen molar-refractivity contribution in [1.82, 2.24) is 19.9 Å². The summed E-state index contributed by atoms with van der Waals surface area (Å²) in [6.45, 7) is 3.94. The van der Waals surface area contributed by atoms with Crippen molar-refractivity contribution in [2.24, 2.45) is 0 Å². The minimum Gasteiger partial charge on any atom is -0.493 e. The van der Waals surface area contributed by atoms with Crippen molar-refractivity contribution in [1.29, 1.82) is 0 Å². The van der Waals surface area contributed by atoms with E-state index >= 15 is 0 Å². The summed E-state index contributed by atoms with van der Waals surface area (Å²) < 4.78 is 12.4. The zero-order chi connectivity index (χ0) is 21.3. The van der Waals surface area contributed by atoms with E-state index < -0.39 is 0 Å². The summed E-state index contributed by atoms with van der Waals surface area (Å²) in [5, 5.41) is 2.77. The van der Waals surface area contributed by atoms with Crippen molar-refractivity contribution in [3.05, 3.63) is 60.7 Å². The van der Waals surface area contributed by atoms with Crippen molar-refractivity contribution in [2.75, 3.05) is 26.5 Å². The number of anilines is 1. The van der Waals surface area contributed by atoms with Gasteiger partial charge in [-0.25, -0.2) is 9.97 Å². The number of ether oxygens (including phenoxy) is 2. The van der Waals surface area contributed by atoms with Gasteiger partial charge in [-0.3, -0.25) is 9.36 Å². The Kier molecular flexibility index (Phi) is 4.97. The van der Waals surface area contributed by atoms with Crippen LogP contribution in [0, 0.1) is 0 Å². The quantitative estimate of drug-likeness (QED) is 0.480. The number of para-hydroxylation sites is 2. The number of nitrogens with zero attached hydrogens (tertiary/aromatic N) is 3. The summed E-state index contributed by atoms with van der Waals surface area (Å²) in [4.78, 5) is 22.3. The van der Waals surface area contributed by atoms with Crippen molar-refractivity contribution in [3.8, 4) is 17.2 Å². The number of hydrogen-bond donors (Lipinski definition) is 2. The lowest BCUT2D eigenvalue weighted by molar-refractivity contribution is 0.0960. The molecule has 0 radical (unpaired) electrons. The Hall–Kier alpha value is -4.07. The Morgan fingerprint density at radius 1 is 1.13 bits per heavy atom. The van der Waals surface area contributed by atoms with Gasteiger partial charge in [0.2, 0.25) is 0 Å². The van der Waals surface area contributed by atoms with Crippen LogP contribution in [-0.4, -0.2) is 41.2 Å². The summed E-state index contributed by atoms with van der Waals surface area (Å²) >= 11 is 0. The molecule has 30 heavy (non-hydrogen) atoms. The highest BCUT2D eigenvalue weighted by molar-refractivity contribution is 6.11. The highest BCUT2D eigenvalue weighted by Crippen LogP contribution is 2.35. The average Bonchev–Trinajstić information content (AvgIpc) is 3.06. The maximum Gasteiger partial charge on any atom is 0.257 e. The van der Waals surface area contributed by atoms with Crippen molar-refractivity contribution < 1.29 is 14.3 Å². The van der Waals surface area contributed by atoms with Gasteiger partial charge in [-0.1, -0.05) is 18.2 Å². The van der Waals surface area contributed by atoms with Gasteiger partial charge in [0, 0.05) is 12.6 Å². The van der Waals surface area contributed by atoms with Gasteiger partial charge < -0.3 is 20.5 Å². The first-order valence-corrected chi connectivity index (χ1v) is 9.27. The van der Waals surface area contributed by atoms with E-state index in [4.69, 9.17) is 20.2 Å². The maximum atomic E-state index is 12.9. The Bertz CT molecular complexity index is 1280. The smallest absolute Gasteiger partial charge is 0.257 e. The third-order valence-corrected chi connectivity index (χ3v) is 4.76. The second-order valence-corrected chi connectivity index (χ2v) is 6.52. The normalized spacial score (nSPS) is 10.9. The number of fused-ring (bicyclic) bond motifs is 2. The Morgan fingerprint density at radius 2 is 1.83 bits per heavy atom. The van der Waals surface area contributed by atoms with Crippen LogP contribution in [0.5, 0.6) is 11.5 Å². The number of aromatic nitrogens is 3. The molecule has 0 aliphatic rings. The lowest BCUT2D eigenvalue weighted by atomic mass is 10.2. The number of amides is 1. The van der Waals surface area contributed by atoms with E-state index in [9.17, 15) is 4.79 Å². The number of hydrogen-bond acceptors (Lipinski definition) is 6. The van der Waals surface area contributed by atoms with Crippen LogP contribution >= 0.6 is 0 Å². The molecule has 2 heterocycles. The molecule has 0 bridgehead atoms. The van der Waals surface area contributed by atoms with Crippen LogP contribution < -0.4 is 20.5 Å². The molecule has 0 spiro atoms. The van der Waals surface area contributed by atoms with Crippen LogP contribution in [0.3, 0.4) is 0 Å². The molecule has 152 valence electrons. The zero-order valence-corrected chi connectivity index (χ0v) is 16.7.